The van der Waals surface area contributed by atoms with E-state index >= 15 is 0 Å². The number of morpholine rings is 1. The van der Waals surface area contributed by atoms with Gasteiger partial charge < -0.3 is 20.7 Å². The van der Waals surface area contributed by atoms with Crippen LogP contribution >= 0.6 is 0 Å². The van der Waals surface area contributed by atoms with Gasteiger partial charge in [0, 0.05) is 12.2 Å². The Kier molecular flexibility index (Phi) is 7.72. The van der Waals surface area contributed by atoms with Crippen LogP contribution in [-0.2, 0) is 25.3 Å². The van der Waals surface area contributed by atoms with E-state index in [1.165, 1.54) is 6.92 Å². The Morgan fingerprint density at radius 1 is 1.25 bits per heavy atom. The van der Waals surface area contributed by atoms with Gasteiger partial charge in [-0.05, 0) is 24.7 Å². The van der Waals surface area contributed by atoms with E-state index in [2.05, 4.69) is 0 Å². The van der Waals surface area contributed by atoms with Crippen molar-refractivity contribution < 1.29 is 45.5 Å². The number of halogens is 6. The van der Waals surface area contributed by atoms with Crippen LogP contribution in [0.2, 0.25) is 0 Å². The number of nitrogens with zero attached hydrogens (tertiary/aromatic N) is 2. The highest BCUT2D eigenvalue weighted by molar-refractivity contribution is 6.09. The van der Waals surface area contributed by atoms with E-state index in [0.29, 0.717) is 11.0 Å². The summed E-state index contributed by atoms with van der Waals surface area (Å²) in [5, 5.41) is 2.00. The highest BCUT2D eigenvalue weighted by Gasteiger charge is 2.40. The fourth-order valence-electron chi connectivity index (χ4n) is 3.15. The summed E-state index contributed by atoms with van der Waals surface area (Å²) in [5.41, 5.74) is 2.90. The molecule has 0 bridgehead atoms. The normalized spacial score (nSPS) is 16.2. The maximum absolute atomic E-state index is 13.6. The first-order valence-corrected chi connectivity index (χ1v) is 9.25. The lowest BCUT2D eigenvalue weighted by Crippen LogP contribution is -2.54. The van der Waals surface area contributed by atoms with Crippen LogP contribution in [0.4, 0.5) is 37.7 Å². The highest BCUT2D eigenvalue weighted by Crippen LogP contribution is 2.38. The zero-order valence-electron chi connectivity index (χ0n) is 16.7. The number of anilines is 2. The molecule has 1 aromatic carbocycles. The molecule has 1 aliphatic rings. The smallest absolute Gasteiger partial charge is 0.370 e. The number of nitrogens with one attached hydrogen (secondary N) is 1. The van der Waals surface area contributed by atoms with Crippen molar-refractivity contribution in [3.8, 4) is 0 Å². The predicted octanol–water partition coefficient (Wildman–Crippen LogP) is 1.75. The zero-order chi connectivity index (χ0) is 24.3. The second kappa shape index (κ2) is 9.73. The molecule has 3 N–H and O–H groups in total. The van der Waals surface area contributed by atoms with Crippen LogP contribution in [0.25, 0.3) is 0 Å². The average Bonchev–Trinajstić information content (AvgIpc) is 2.66. The monoisotopic (exact) mass is 470 g/mol. The number of likely N-dealkylation sites (N-methyl/N-ethyl adjacent to an activating group) is 1. The van der Waals surface area contributed by atoms with Gasteiger partial charge in [0.25, 0.3) is 11.8 Å². The first kappa shape index (κ1) is 25.4. The molecule has 1 fully saturated rings. The maximum atomic E-state index is 13.6. The van der Waals surface area contributed by atoms with Gasteiger partial charge in [0.05, 0.1) is 24.4 Å². The lowest BCUT2D eigenvalue weighted by molar-refractivity contribution is -0.156. The molecule has 0 aromatic heterocycles. The van der Waals surface area contributed by atoms with Crippen molar-refractivity contribution in [1.82, 2.24) is 4.90 Å². The van der Waals surface area contributed by atoms with E-state index in [9.17, 15) is 40.7 Å². The molecule has 1 aliphatic heterocycles. The van der Waals surface area contributed by atoms with Gasteiger partial charge in [-0.1, -0.05) is 6.92 Å². The maximum Gasteiger partial charge on any atom is 0.418 e. The van der Waals surface area contributed by atoms with Crippen LogP contribution in [0.15, 0.2) is 18.2 Å². The third-order valence-electron chi connectivity index (χ3n) is 4.52. The molecule has 0 saturated carbocycles. The van der Waals surface area contributed by atoms with Gasteiger partial charge in [0.1, 0.15) is 6.61 Å². The minimum absolute atomic E-state index is 0.0217. The highest BCUT2D eigenvalue weighted by atomic mass is 19.4. The Morgan fingerprint density at radius 2 is 1.91 bits per heavy atom. The summed E-state index contributed by atoms with van der Waals surface area (Å²) in [4.78, 5) is 37.4. The van der Waals surface area contributed by atoms with E-state index in [1.807, 2.05) is 5.32 Å². The van der Waals surface area contributed by atoms with Crippen molar-refractivity contribution in [2.75, 3.05) is 43.1 Å². The van der Waals surface area contributed by atoms with Crippen LogP contribution in [0.1, 0.15) is 12.5 Å². The largest absolute Gasteiger partial charge is 0.418 e. The number of nitrogens with two attached hydrogens (primary N) is 1. The summed E-state index contributed by atoms with van der Waals surface area (Å²) >= 11 is 0. The molecule has 178 valence electrons. The second-order valence-corrected chi connectivity index (χ2v) is 6.80. The number of benzene rings is 1. The van der Waals surface area contributed by atoms with E-state index in [4.69, 9.17) is 10.5 Å². The molecule has 0 radical (unpaired) electrons. The van der Waals surface area contributed by atoms with E-state index in [-0.39, 0.29) is 19.7 Å². The number of carbonyl (C=O) groups is 3. The predicted molar refractivity (Wildman–Crippen MR) is 99.5 cm³/mol. The van der Waals surface area contributed by atoms with Gasteiger partial charge in [-0.15, -0.1) is 0 Å². The minimum atomic E-state index is -4.93. The summed E-state index contributed by atoms with van der Waals surface area (Å²) in [7, 11) is 0. The zero-order valence-corrected chi connectivity index (χ0v) is 16.7. The molecule has 1 aromatic rings. The summed E-state index contributed by atoms with van der Waals surface area (Å²) in [6, 6.07) is 0.419. The number of amides is 3. The molecule has 0 aliphatic carbocycles. The molecule has 1 heterocycles. The summed E-state index contributed by atoms with van der Waals surface area (Å²) in [6.07, 6.45) is -9.68. The van der Waals surface area contributed by atoms with Crippen LogP contribution in [0.3, 0.4) is 0 Å². The number of carbonyl (C=O) groups excluding carboxylic acids is 3. The topological polar surface area (TPSA) is 105 Å². The Balaban J connectivity index is 2.35. The average molecular weight is 470 g/mol. The fourth-order valence-corrected chi connectivity index (χ4v) is 3.15. The Morgan fingerprint density at radius 3 is 2.41 bits per heavy atom. The number of ether oxygens (including phenoxy) is 1. The summed E-state index contributed by atoms with van der Waals surface area (Å²) in [6.45, 7) is -1.26. The molecule has 2 rings (SSSR count). The van der Waals surface area contributed by atoms with Crippen LogP contribution < -0.4 is 16.0 Å². The number of alkyl halides is 6. The van der Waals surface area contributed by atoms with Crippen LogP contribution in [-0.4, -0.2) is 67.7 Å². The molecule has 8 nitrogen and oxygen atoms in total. The number of rotatable bonds is 7. The molecule has 3 amide bonds. The van der Waals surface area contributed by atoms with Gasteiger partial charge in [0.15, 0.2) is 6.04 Å². The van der Waals surface area contributed by atoms with Crippen molar-refractivity contribution in [3.05, 3.63) is 23.8 Å². The summed E-state index contributed by atoms with van der Waals surface area (Å²) in [5.74, 6) is -3.43. The molecule has 0 unspecified atom stereocenters. The fraction of sp³-hybridized carbons (Fsp3) is 0.500. The van der Waals surface area contributed by atoms with Crippen LogP contribution in [0, 0.1) is 0 Å². The molecule has 32 heavy (non-hydrogen) atoms. The summed E-state index contributed by atoms with van der Waals surface area (Å²) < 4.78 is 84.0. The lowest BCUT2D eigenvalue weighted by atomic mass is 10.1. The van der Waals surface area contributed by atoms with Gasteiger partial charge in [0.2, 0.25) is 5.91 Å². The quantitative estimate of drug-likeness (QED) is 0.467. The third-order valence-corrected chi connectivity index (χ3v) is 4.52. The Bertz CT molecular complexity index is 874. The van der Waals surface area contributed by atoms with Crippen molar-refractivity contribution in [2.24, 2.45) is 5.73 Å². The SMILES string of the molecule is CCN(CC(F)(F)F)[C@H](C(N)=O)C(=O)Nc1ccc(N2CCOCC2=O)c(C(F)(F)F)c1. The van der Waals surface area contributed by atoms with E-state index < -0.39 is 66.2 Å². The first-order valence-electron chi connectivity index (χ1n) is 9.25. The molecule has 14 heteroatoms. The Labute approximate surface area is 178 Å². The Hall–Kier alpha value is -2.87. The lowest BCUT2D eigenvalue weighted by Gasteiger charge is -2.30. The molecular weight excluding hydrogens is 450 g/mol. The molecular formula is C18H20F6N4O4. The molecule has 0 spiro atoms. The standard InChI is InChI=1S/C18H20F6N4O4/c1-2-27(9-17(19,20)21)14(15(25)30)16(31)26-10-3-4-12(11(7-10)18(22,23)24)28-5-6-32-8-13(28)29/h3-4,7,14H,2,5-6,8-9H2,1H3,(H2,25,30)(H,26,31)/t14-/m1/s1. The van der Waals surface area contributed by atoms with E-state index in [0.717, 1.165) is 17.0 Å². The molecule has 1 saturated heterocycles. The number of hydrogen-bond donors (Lipinski definition) is 2. The van der Waals surface area contributed by atoms with Crippen LogP contribution in [0.5, 0.6) is 0 Å². The van der Waals surface area contributed by atoms with Gasteiger partial charge >= 0.3 is 12.4 Å². The first-order chi connectivity index (χ1) is 14.7. The molecule has 1 atom stereocenters. The van der Waals surface area contributed by atoms with E-state index in [1.54, 1.807) is 0 Å². The number of primary amides is 1. The number of hydrogen-bond acceptors (Lipinski definition) is 5. The second-order valence-electron chi connectivity index (χ2n) is 6.80. The van der Waals surface area contributed by atoms with Crippen molar-refractivity contribution in [3.63, 3.8) is 0 Å². The van der Waals surface area contributed by atoms with Gasteiger partial charge in [-0.3, -0.25) is 19.3 Å². The van der Waals surface area contributed by atoms with Crippen molar-refractivity contribution >= 4 is 29.1 Å². The van der Waals surface area contributed by atoms with Gasteiger partial charge in [-0.2, -0.15) is 26.3 Å². The van der Waals surface area contributed by atoms with Crippen molar-refractivity contribution in [2.45, 2.75) is 25.3 Å². The van der Waals surface area contributed by atoms with Gasteiger partial charge in [-0.25, -0.2) is 0 Å². The third kappa shape index (κ3) is 6.32. The minimum Gasteiger partial charge on any atom is -0.370 e. The van der Waals surface area contributed by atoms with Crippen molar-refractivity contribution in [1.29, 1.82) is 0 Å².